The van der Waals surface area contributed by atoms with Crippen molar-refractivity contribution in [3.05, 3.63) is 48.5 Å². The number of para-hydroxylation sites is 4. The maximum atomic E-state index is 12.7. The van der Waals surface area contributed by atoms with Gasteiger partial charge < -0.3 is 10.2 Å². The second kappa shape index (κ2) is 9.24. The zero-order valence-electron chi connectivity index (χ0n) is 17.1. The molecule has 30 heavy (non-hydrogen) atoms. The summed E-state index contributed by atoms with van der Waals surface area (Å²) in [7, 11) is 2.01. The minimum atomic E-state index is -0.0166. The van der Waals surface area contributed by atoms with Crippen molar-refractivity contribution in [1.82, 2.24) is 9.88 Å². The first kappa shape index (κ1) is 20.3. The highest BCUT2D eigenvalue weighted by Gasteiger charge is 2.20. The number of hydrogen-bond acceptors (Lipinski definition) is 4. The lowest BCUT2D eigenvalue weighted by Gasteiger charge is -2.36. The number of amides is 1. The van der Waals surface area contributed by atoms with Gasteiger partial charge >= 0.3 is 5.16 Å². The SMILES string of the molecule is C#CCN1CCN(c2ccccc2NC(=O)CSc2[nH]c3ccccc3[n+]2C)CC1. The van der Waals surface area contributed by atoms with Gasteiger partial charge in [-0.25, -0.2) is 9.55 Å². The average molecular weight is 421 g/mol. The number of aryl methyl sites for hydroxylation is 1. The number of carbonyl (C=O) groups excluding carboxylic acids is 1. The summed E-state index contributed by atoms with van der Waals surface area (Å²) in [5, 5.41) is 4.06. The number of imidazole rings is 1. The molecule has 0 radical (unpaired) electrons. The van der Waals surface area contributed by atoms with E-state index in [1.807, 2.05) is 43.4 Å². The number of piperazine rings is 1. The van der Waals surface area contributed by atoms with Gasteiger partial charge in [-0.05, 0) is 36.0 Å². The molecule has 2 N–H and O–H groups in total. The molecule has 4 rings (SSSR count). The van der Waals surface area contributed by atoms with Gasteiger partial charge in [0.15, 0.2) is 11.0 Å². The summed E-state index contributed by atoms with van der Waals surface area (Å²) >= 11 is 1.50. The Morgan fingerprint density at radius 3 is 2.67 bits per heavy atom. The summed E-state index contributed by atoms with van der Waals surface area (Å²) in [5.74, 6) is 3.03. The number of benzene rings is 2. The molecule has 3 aromatic rings. The zero-order chi connectivity index (χ0) is 20.9. The van der Waals surface area contributed by atoms with Crippen LogP contribution >= 0.6 is 11.8 Å². The molecule has 0 unspecified atom stereocenters. The van der Waals surface area contributed by atoms with Crippen molar-refractivity contribution in [2.24, 2.45) is 7.05 Å². The summed E-state index contributed by atoms with van der Waals surface area (Å²) in [6, 6.07) is 16.1. The number of H-pyrrole nitrogens is 1. The predicted molar refractivity (Wildman–Crippen MR) is 123 cm³/mol. The molecule has 0 saturated carbocycles. The molecule has 0 spiro atoms. The van der Waals surface area contributed by atoms with Gasteiger partial charge in [-0.1, -0.05) is 30.2 Å². The van der Waals surface area contributed by atoms with Gasteiger partial charge in [0.2, 0.25) is 5.91 Å². The van der Waals surface area contributed by atoms with Crippen LogP contribution in [0.15, 0.2) is 53.7 Å². The summed E-state index contributed by atoms with van der Waals surface area (Å²) < 4.78 is 2.08. The van der Waals surface area contributed by atoms with Crippen LogP contribution in [-0.2, 0) is 11.8 Å². The summed E-state index contributed by atoms with van der Waals surface area (Å²) in [6.45, 7) is 4.34. The number of nitrogens with one attached hydrogen (secondary N) is 2. The van der Waals surface area contributed by atoms with Crippen molar-refractivity contribution < 1.29 is 9.36 Å². The third-order valence-electron chi connectivity index (χ3n) is 5.36. The molecule has 0 atom stereocenters. The number of terminal acetylenes is 1. The van der Waals surface area contributed by atoms with Gasteiger partial charge in [0.05, 0.1) is 30.7 Å². The lowest BCUT2D eigenvalue weighted by atomic mass is 10.2. The van der Waals surface area contributed by atoms with Gasteiger partial charge in [0, 0.05) is 26.2 Å². The van der Waals surface area contributed by atoms with Crippen molar-refractivity contribution in [3.63, 3.8) is 0 Å². The molecule has 7 heteroatoms. The molecule has 1 aliphatic rings. The van der Waals surface area contributed by atoms with Crippen molar-refractivity contribution in [3.8, 4) is 12.3 Å². The molecule has 0 aliphatic carbocycles. The van der Waals surface area contributed by atoms with Gasteiger partial charge in [-0.15, -0.1) is 6.42 Å². The van der Waals surface area contributed by atoms with Crippen LogP contribution in [0.1, 0.15) is 0 Å². The smallest absolute Gasteiger partial charge is 0.317 e. The second-order valence-electron chi connectivity index (χ2n) is 7.33. The van der Waals surface area contributed by atoms with Crippen molar-refractivity contribution in [1.29, 1.82) is 0 Å². The van der Waals surface area contributed by atoms with Crippen LogP contribution in [0.3, 0.4) is 0 Å². The number of fused-ring (bicyclic) bond motifs is 1. The maximum absolute atomic E-state index is 12.7. The van der Waals surface area contributed by atoms with E-state index in [1.165, 1.54) is 11.8 Å². The molecule has 1 aliphatic heterocycles. The summed E-state index contributed by atoms with van der Waals surface area (Å²) in [5.41, 5.74) is 4.11. The van der Waals surface area contributed by atoms with Crippen molar-refractivity contribution in [2.75, 3.05) is 48.7 Å². The lowest BCUT2D eigenvalue weighted by Crippen LogP contribution is -2.46. The largest absolute Gasteiger partial charge is 0.367 e. The number of hydrogen-bond donors (Lipinski definition) is 2. The highest BCUT2D eigenvalue weighted by molar-refractivity contribution is 7.99. The second-order valence-corrected chi connectivity index (χ2v) is 8.29. The topological polar surface area (TPSA) is 55.2 Å². The van der Waals surface area contributed by atoms with Crippen LogP contribution in [-0.4, -0.2) is 54.3 Å². The molecule has 2 heterocycles. The fraction of sp³-hybridized carbons (Fsp3) is 0.304. The Kier molecular flexibility index (Phi) is 6.26. The van der Waals surface area contributed by atoms with E-state index in [0.717, 1.165) is 53.7 Å². The number of anilines is 2. The molecule has 2 aromatic carbocycles. The minimum Gasteiger partial charge on any atom is -0.367 e. The van der Waals surface area contributed by atoms with Crippen LogP contribution in [0.5, 0.6) is 0 Å². The monoisotopic (exact) mass is 420 g/mol. The minimum absolute atomic E-state index is 0.0166. The molecule has 1 saturated heterocycles. The number of rotatable bonds is 6. The first-order valence-corrected chi connectivity index (χ1v) is 11.0. The molecule has 154 valence electrons. The first-order valence-electron chi connectivity index (χ1n) is 10.0. The molecule has 1 amide bonds. The zero-order valence-corrected chi connectivity index (χ0v) is 17.9. The number of aromatic nitrogens is 2. The number of aromatic amines is 1. The van der Waals surface area contributed by atoms with Crippen molar-refractivity contribution >= 4 is 40.1 Å². The maximum Gasteiger partial charge on any atom is 0.317 e. The fourth-order valence-corrected chi connectivity index (χ4v) is 4.58. The van der Waals surface area contributed by atoms with E-state index in [9.17, 15) is 4.79 Å². The highest BCUT2D eigenvalue weighted by Crippen LogP contribution is 2.27. The number of carbonyl (C=O) groups is 1. The lowest BCUT2D eigenvalue weighted by molar-refractivity contribution is -0.683. The van der Waals surface area contributed by atoms with Gasteiger partial charge in [-0.2, -0.15) is 0 Å². The van der Waals surface area contributed by atoms with E-state index in [1.54, 1.807) is 0 Å². The quantitative estimate of drug-likeness (QED) is 0.366. The van der Waals surface area contributed by atoms with Crippen LogP contribution < -0.4 is 14.8 Å². The molecule has 6 nitrogen and oxygen atoms in total. The van der Waals surface area contributed by atoms with E-state index >= 15 is 0 Å². The standard InChI is InChI=1S/C23H25N5OS/c1-3-12-27-13-15-28(16-14-27)21-11-7-5-9-19(21)24-22(29)17-30-23-25-18-8-4-6-10-20(18)26(23)2/h1,4-11H,12-17H2,2H3,(H,24,29)/p+1. The van der Waals surface area contributed by atoms with E-state index in [0.29, 0.717) is 12.3 Å². The highest BCUT2D eigenvalue weighted by atomic mass is 32.2. The predicted octanol–water partition coefficient (Wildman–Crippen LogP) is 2.48. The Morgan fingerprint density at radius 2 is 1.90 bits per heavy atom. The van der Waals surface area contributed by atoms with E-state index in [2.05, 4.69) is 42.7 Å². The Hall–Kier alpha value is -2.95. The van der Waals surface area contributed by atoms with E-state index in [4.69, 9.17) is 6.42 Å². The molecule has 0 bridgehead atoms. The van der Waals surface area contributed by atoms with Gasteiger partial charge in [0.1, 0.15) is 0 Å². The van der Waals surface area contributed by atoms with Crippen molar-refractivity contribution in [2.45, 2.75) is 5.16 Å². The fourth-order valence-electron chi connectivity index (χ4n) is 3.76. The van der Waals surface area contributed by atoms with E-state index in [-0.39, 0.29) is 5.91 Å². The molecule has 1 aromatic heterocycles. The third kappa shape index (κ3) is 4.45. The normalized spacial score (nSPS) is 14.6. The average Bonchev–Trinajstić information content (AvgIpc) is 3.09. The molecule has 1 fully saturated rings. The Bertz CT molecular complexity index is 1080. The Balaban J connectivity index is 1.39. The van der Waals surface area contributed by atoms with E-state index < -0.39 is 0 Å². The molecular formula is C23H26N5OS+. The Labute approximate surface area is 181 Å². The summed E-state index contributed by atoms with van der Waals surface area (Å²) in [4.78, 5) is 20.6. The van der Waals surface area contributed by atoms with Gasteiger partial charge in [-0.3, -0.25) is 9.69 Å². The number of nitrogens with zero attached hydrogens (tertiary/aromatic N) is 3. The first-order chi connectivity index (χ1) is 14.7. The Morgan fingerprint density at radius 1 is 1.17 bits per heavy atom. The molecular weight excluding hydrogens is 394 g/mol. The van der Waals surface area contributed by atoms with Gasteiger partial charge in [0.25, 0.3) is 0 Å². The van der Waals surface area contributed by atoms with Crippen LogP contribution in [0, 0.1) is 12.3 Å². The van der Waals surface area contributed by atoms with Crippen LogP contribution in [0.2, 0.25) is 0 Å². The van der Waals surface area contributed by atoms with Crippen LogP contribution in [0.4, 0.5) is 11.4 Å². The summed E-state index contributed by atoms with van der Waals surface area (Å²) in [6.07, 6.45) is 5.43. The van der Waals surface area contributed by atoms with Crippen LogP contribution in [0.25, 0.3) is 11.0 Å². The number of thioether (sulfide) groups is 1. The third-order valence-corrected chi connectivity index (χ3v) is 6.41.